The predicted octanol–water partition coefficient (Wildman–Crippen LogP) is 2.10. The van der Waals surface area contributed by atoms with Crippen molar-refractivity contribution in [2.24, 2.45) is 0 Å². The molecule has 142 valence electrons. The molecule has 0 saturated carbocycles. The molecule has 1 N–H and O–H groups in total. The summed E-state index contributed by atoms with van der Waals surface area (Å²) in [5, 5.41) is 12.5. The molecule has 4 rings (SSSR count). The molecule has 0 amide bonds. The largest absolute Gasteiger partial charge is 0.350 e. The number of para-hydroxylation sites is 1. The van der Waals surface area contributed by atoms with E-state index in [9.17, 15) is 4.79 Å². The van der Waals surface area contributed by atoms with Gasteiger partial charge in [0.2, 0.25) is 0 Å². The van der Waals surface area contributed by atoms with Crippen LogP contribution in [0.5, 0.6) is 0 Å². The highest BCUT2D eigenvalue weighted by molar-refractivity contribution is 5.33. The smallest absolute Gasteiger partial charge is 0.316 e. The van der Waals surface area contributed by atoms with Crippen LogP contribution in [-0.4, -0.2) is 37.2 Å². The Balaban J connectivity index is 1.60. The average molecular weight is 366 g/mol. The van der Waals surface area contributed by atoms with Crippen molar-refractivity contribution >= 4 is 0 Å². The topological polar surface area (TPSA) is 69.7 Å². The van der Waals surface area contributed by atoms with E-state index in [4.69, 9.17) is 5.10 Å². The first-order valence-corrected chi connectivity index (χ1v) is 9.67. The molecule has 3 aromatic rings. The quantitative estimate of drug-likeness (QED) is 0.725. The number of aromatic nitrogens is 5. The summed E-state index contributed by atoms with van der Waals surface area (Å²) in [6.45, 7) is 5.30. The number of nitrogens with zero attached hydrogens (tertiary/aromatic N) is 5. The minimum atomic E-state index is -0.0570. The fourth-order valence-electron chi connectivity index (χ4n) is 3.70. The summed E-state index contributed by atoms with van der Waals surface area (Å²) in [6, 6.07) is 9.83. The molecular formula is C20H26N6O. The van der Waals surface area contributed by atoms with E-state index in [0.717, 1.165) is 56.0 Å². The van der Waals surface area contributed by atoms with Gasteiger partial charge in [0.25, 0.3) is 0 Å². The van der Waals surface area contributed by atoms with Crippen molar-refractivity contribution in [1.82, 2.24) is 29.4 Å². The summed E-state index contributed by atoms with van der Waals surface area (Å²) >= 11 is 0. The van der Waals surface area contributed by atoms with E-state index in [1.54, 1.807) is 9.25 Å². The second-order valence-corrected chi connectivity index (χ2v) is 7.21. The number of benzene rings is 1. The molecule has 1 saturated heterocycles. The molecule has 1 aliphatic heterocycles. The van der Waals surface area contributed by atoms with Crippen molar-refractivity contribution in [3.05, 3.63) is 64.6 Å². The van der Waals surface area contributed by atoms with E-state index in [1.807, 2.05) is 54.3 Å². The van der Waals surface area contributed by atoms with Crippen LogP contribution in [0.25, 0.3) is 5.69 Å². The minimum absolute atomic E-state index is 0.0570. The molecule has 0 bridgehead atoms. The average Bonchev–Trinajstić information content (AvgIpc) is 3.26. The van der Waals surface area contributed by atoms with Gasteiger partial charge in [-0.3, -0.25) is 4.68 Å². The molecule has 27 heavy (non-hydrogen) atoms. The molecule has 0 aliphatic carbocycles. The van der Waals surface area contributed by atoms with Gasteiger partial charge < -0.3 is 5.32 Å². The zero-order valence-corrected chi connectivity index (χ0v) is 15.7. The van der Waals surface area contributed by atoms with Gasteiger partial charge >= 0.3 is 5.69 Å². The van der Waals surface area contributed by atoms with Crippen molar-refractivity contribution in [2.45, 2.75) is 45.2 Å². The first-order valence-electron chi connectivity index (χ1n) is 9.67. The molecule has 7 heteroatoms. The van der Waals surface area contributed by atoms with Gasteiger partial charge in [0.1, 0.15) is 5.82 Å². The third-order valence-corrected chi connectivity index (χ3v) is 5.06. The van der Waals surface area contributed by atoms with Crippen molar-refractivity contribution in [2.75, 3.05) is 13.1 Å². The molecule has 0 radical (unpaired) electrons. The number of aryl methyl sites for hydroxylation is 3. The van der Waals surface area contributed by atoms with Crippen LogP contribution >= 0.6 is 0 Å². The summed E-state index contributed by atoms with van der Waals surface area (Å²) in [5.41, 5.74) is 1.98. The van der Waals surface area contributed by atoms with E-state index >= 15 is 0 Å². The summed E-state index contributed by atoms with van der Waals surface area (Å²) in [6.07, 6.45) is 6.85. The Kier molecular flexibility index (Phi) is 5.20. The Bertz CT molecular complexity index is 933. The number of piperidine rings is 1. The normalized spacial score (nSPS) is 17.3. The molecular weight excluding hydrogens is 340 g/mol. The summed E-state index contributed by atoms with van der Waals surface area (Å²) in [4.78, 5) is 13.1. The van der Waals surface area contributed by atoms with Crippen molar-refractivity contribution < 1.29 is 0 Å². The van der Waals surface area contributed by atoms with Crippen LogP contribution in [0.4, 0.5) is 0 Å². The molecule has 1 aromatic carbocycles. The fraction of sp³-hybridized carbons (Fsp3) is 0.450. The SMILES string of the molecule is Cc1cnn(CCCn2nc([C@H]3CCCNC3)n(-c3ccccc3)c2=O)c1. The van der Waals surface area contributed by atoms with Crippen LogP contribution in [0.15, 0.2) is 47.5 Å². The number of rotatable bonds is 6. The number of hydrogen-bond donors (Lipinski definition) is 1. The molecule has 1 atom stereocenters. The lowest BCUT2D eigenvalue weighted by molar-refractivity contribution is 0.436. The summed E-state index contributed by atoms with van der Waals surface area (Å²) in [5.74, 6) is 1.13. The van der Waals surface area contributed by atoms with Crippen LogP contribution in [0, 0.1) is 6.92 Å². The maximum atomic E-state index is 13.1. The second kappa shape index (κ2) is 7.92. The molecule has 7 nitrogen and oxygen atoms in total. The van der Waals surface area contributed by atoms with Gasteiger partial charge in [0, 0.05) is 31.7 Å². The van der Waals surface area contributed by atoms with Gasteiger partial charge in [-0.05, 0) is 50.4 Å². The minimum Gasteiger partial charge on any atom is -0.316 e. The second-order valence-electron chi connectivity index (χ2n) is 7.21. The zero-order valence-electron chi connectivity index (χ0n) is 15.7. The molecule has 1 aliphatic rings. The first-order chi connectivity index (χ1) is 13.2. The maximum absolute atomic E-state index is 13.1. The standard InChI is InChI=1S/C20H26N6O/c1-16-13-22-24(15-16)11-6-12-25-20(27)26(18-8-3-2-4-9-18)19(23-25)17-7-5-10-21-14-17/h2-4,8-9,13,15,17,21H,5-7,10-12,14H2,1H3/t17-/m0/s1. The van der Waals surface area contributed by atoms with Gasteiger partial charge in [0.05, 0.1) is 11.9 Å². The predicted molar refractivity (Wildman–Crippen MR) is 104 cm³/mol. The third kappa shape index (κ3) is 3.88. The van der Waals surface area contributed by atoms with Crippen molar-refractivity contribution in [1.29, 1.82) is 0 Å². The molecule has 0 unspecified atom stereocenters. The molecule has 1 fully saturated rings. The molecule has 2 aromatic heterocycles. The van der Waals surface area contributed by atoms with Gasteiger partial charge in [0.15, 0.2) is 0 Å². The summed E-state index contributed by atoms with van der Waals surface area (Å²) < 4.78 is 5.32. The van der Waals surface area contributed by atoms with Crippen LogP contribution in [-0.2, 0) is 13.1 Å². The lowest BCUT2D eigenvalue weighted by Gasteiger charge is -2.22. The molecule has 3 heterocycles. The van der Waals surface area contributed by atoms with Crippen LogP contribution in [0.1, 0.15) is 36.6 Å². The maximum Gasteiger partial charge on any atom is 0.350 e. The molecule has 0 spiro atoms. The van der Waals surface area contributed by atoms with Crippen LogP contribution in [0.2, 0.25) is 0 Å². The van der Waals surface area contributed by atoms with Gasteiger partial charge in [-0.15, -0.1) is 0 Å². The number of hydrogen-bond acceptors (Lipinski definition) is 4. The van der Waals surface area contributed by atoms with E-state index in [1.165, 1.54) is 0 Å². The highest BCUT2D eigenvalue weighted by atomic mass is 16.2. The van der Waals surface area contributed by atoms with E-state index in [-0.39, 0.29) is 11.6 Å². The van der Waals surface area contributed by atoms with Crippen LogP contribution in [0.3, 0.4) is 0 Å². The summed E-state index contributed by atoms with van der Waals surface area (Å²) in [7, 11) is 0. The first kappa shape index (κ1) is 17.7. The van der Waals surface area contributed by atoms with Gasteiger partial charge in [-0.1, -0.05) is 18.2 Å². The van der Waals surface area contributed by atoms with Gasteiger partial charge in [-0.25, -0.2) is 14.0 Å². The van der Waals surface area contributed by atoms with Crippen molar-refractivity contribution in [3.8, 4) is 5.69 Å². The highest BCUT2D eigenvalue weighted by Crippen LogP contribution is 2.22. The lowest BCUT2D eigenvalue weighted by atomic mass is 9.99. The Hall–Kier alpha value is -2.67. The number of nitrogens with one attached hydrogen (secondary N) is 1. The lowest BCUT2D eigenvalue weighted by Crippen LogP contribution is -2.31. The van der Waals surface area contributed by atoms with Crippen molar-refractivity contribution in [3.63, 3.8) is 0 Å². The van der Waals surface area contributed by atoms with E-state index in [2.05, 4.69) is 10.4 Å². The Morgan fingerprint density at radius 3 is 2.78 bits per heavy atom. The Morgan fingerprint density at radius 1 is 1.22 bits per heavy atom. The Morgan fingerprint density at radius 2 is 2.07 bits per heavy atom. The zero-order chi connectivity index (χ0) is 18.6. The third-order valence-electron chi connectivity index (χ3n) is 5.06. The van der Waals surface area contributed by atoms with Gasteiger partial charge in [-0.2, -0.15) is 10.2 Å². The Labute approximate surface area is 158 Å². The van der Waals surface area contributed by atoms with E-state index < -0.39 is 0 Å². The van der Waals surface area contributed by atoms with Crippen LogP contribution < -0.4 is 11.0 Å². The van der Waals surface area contributed by atoms with E-state index in [0.29, 0.717) is 6.54 Å². The monoisotopic (exact) mass is 366 g/mol. The fourth-order valence-corrected chi connectivity index (χ4v) is 3.70. The highest BCUT2D eigenvalue weighted by Gasteiger charge is 2.24.